The number of benzene rings is 2. The predicted molar refractivity (Wildman–Crippen MR) is 422 cm³/mol. The van der Waals surface area contributed by atoms with Crippen LogP contribution in [0.3, 0.4) is 0 Å². The van der Waals surface area contributed by atoms with Gasteiger partial charge in [-0.2, -0.15) is 0 Å². The SMILES string of the molecule is CC[C@H]1OC(=O)[C@H](C)[C@@H](OC2CC(C)(OC)C(O)C(C)O2)[C@H](C)[C@@H](OC2OC(C)CC(N(C)C)C2O)[C@](C)(O)C[C@@H](C)CN(C)[C@H](C)[C@@H](O)[C@]1(C)O.CO[C@H]1/C=C/O[C@@]2(C)Oc3c(C)c(O)c4c(O)c(c5c(c4c3C2=O)=NC2(CCN(CC(C)C)CC2)N=5)NC(=O)/C(C)=C\C=C\[C@H](C)[C@H](O)[C@@H](C)[C@@H](O)[C@@H](C)[C@H](OC(C)=O)[C@@H]1C. The van der Waals surface area contributed by atoms with E-state index in [1.54, 1.807) is 107 Å². The zero-order chi connectivity index (χ0) is 84.5. The largest absolute Gasteiger partial charge is 0.507 e. The van der Waals surface area contributed by atoms with Gasteiger partial charge in [-0.1, -0.05) is 80.5 Å². The van der Waals surface area contributed by atoms with Gasteiger partial charge in [0.15, 0.2) is 24.0 Å². The predicted octanol–water partition coefficient (Wildman–Crippen LogP) is 6.65. The van der Waals surface area contributed by atoms with Crippen LogP contribution in [0.25, 0.3) is 10.8 Å². The molecule has 1 amide bonds. The fraction of sp³-hybridized carbons (Fsp3) is 0.762. The van der Waals surface area contributed by atoms with Gasteiger partial charge < -0.3 is 113 Å². The molecule has 0 radical (unpaired) electrons. The number of phenolic OH excluding ortho intramolecular Hbond substituents is 2. The highest BCUT2D eigenvalue weighted by Crippen LogP contribution is 2.51. The third kappa shape index (κ3) is 19.8. The molecule has 29 heteroatoms. The number of likely N-dealkylation sites (tertiary alicyclic amines) is 1. The smallest absolute Gasteiger partial charge is 0.312 e. The highest BCUT2D eigenvalue weighted by molar-refractivity contribution is 6.19. The van der Waals surface area contributed by atoms with Gasteiger partial charge in [0, 0.05) is 132 Å². The second kappa shape index (κ2) is 37.0. The molecule has 7 aliphatic heterocycles. The van der Waals surface area contributed by atoms with Gasteiger partial charge in [-0.3, -0.25) is 29.2 Å². The van der Waals surface area contributed by atoms with Crippen molar-refractivity contribution in [3.05, 3.63) is 58.0 Å². The maximum atomic E-state index is 14.7. The molecule has 1 spiro atoms. The third-order valence-electron chi connectivity index (χ3n) is 25.1. The Balaban J connectivity index is 0.000000287. The van der Waals surface area contributed by atoms with Crippen molar-refractivity contribution < 1.29 is 113 Å². The van der Waals surface area contributed by atoms with Crippen LogP contribution in [-0.2, 0) is 57.0 Å². The number of hydrogen-bond acceptors (Lipinski definition) is 28. The molecular weight excluding hydrogens is 1460 g/mol. The monoisotopic (exact) mass is 1590 g/mol. The first kappa shape index (κ1) is 92.7. The van der Waals surface area contributed by atoms with E-state index < -0.39 is 179 Å². The van der Waals surface area contributed by atoms with Crippen LogP contribution in [-0.4, -0.2) is 272 Å². The summed E-state index contributed by atoms with van der Waals surface area (Å²) in [5, 5.41) is 108. The minimum Gasteiger partial charge on any atom is -0.507 e. The number of phenols is 2. The van der Waals surface area contributed by atoms with Crippen LogP contribution in [0, 0.1) is 54.3 Å². The van der Waals surface area contributed by atoms with Crippen molar-refractivity contribution in [2.24, 2.45) is 57.3 Å². The number of esters is 2. The molecule has 0 aliphatic carbocycles. The number of aliphatic hydroxyl groups excluding tert-OH is 5. The van der Waals surface area contributed by atoms with E-state index in [0.29, 0.717) is 44.8 Å². The van der Waals surface area contributed by atoms with E-state index in [2.05, 4.69) is 24.1 Å². The molecular formula is C84H134N6O23. The quantitative estimate of drug-likeness (QED) is 0.0831. The number of fused-ring (bicyclic) bond motifs is 1. The normalized spacial score (nSPS) is 40.5. The van der Waals surface area contributed by atoms with Crippen LogP contribution < -0.4 is 20.8 Å². The summed E-state index contributed by atoms with van der Waals surface area (Å²) in [6.07, 6.45) is -3.15. The van der Waals surface area contributed by atoms with Crippen molar-refractivity contribution >= 4 is 40.1 Å². The number of aliphatic hydroxyl groups is 7. The number of ether oxygens (including phenoxy) is 10. The molecule has 29 nitrogen and oxygen atoms in total. The molecule has 27 atom stereocenters. The molecule has 8 unspecified atom stereocenters. The second-order valence-corrected chi connectivity index (χ2v) is 35.1. The molecule has 113 heavy (non-hydrogen) atoms. The summed E-state index contributed by atoms with van der Waals surface area (Å²) in [6, 6.07) is -0.808. The molecule has 0 aromatic heterocycles. The van der Waals surface area contributed by atoms with Crippen LogP contribution in [0.2, 0.25) is 0 Å². The highest BCUT2D eigenvalue weighted by atomic mass is 16.7. The number of carbonyl (C=O) groups is 4. The number of cyclic esters (lactones) is 1. The Bertz CT molecular complexity index is 3900. The second-order valence-electron chi connectivity index (χ2n) is 35.1. The molecule has 7 aliphatic rings. The van der Waals surface area contributed by atoms with Gasteiger partial charge in [0.25, 0.3) is 11.7 Å². The van der Waals surface area contributed by atoms with Crippen molar-refractivity contribution in [3.8, 4) is 17.2 Å². The molecule has 4 bridgehead atoms. The lowest BCUT2D eigenvalue weighted by Crippen LogP contribution is -2.60. The number of likely N-dealkylation sites (N-methyl/N-ethyl adjacent to an activating group) is 2. The van der Waals surface area contributed by atoms with E-state index in [0.717, 1.165) is 6.54 Å². The van der Waals surface area contributed by atoms with Crippen molar-refractivity contribution in [2.45, 2.75) is 303 Å². The molecule has 9 rings (SSSR count). The van der Waals surface area contributed by atoms with Crippen molar-refractivity contribution in [1.82, 2.24) is 14.7 Å². The highest BCUT2D eigenvalue weighted by Gasteiger charge is 2.55. The topological polar surface area (TPSA) is 389 Å². The van der Waals surface area contributed by atoms with Gasteiger partial charge in [0.05, 0.1) is 82.4 Å². The Morgan fingerprint density at radius 1 is 0.788 bits per heavy atom. The first-order valence-electron chi connectivity index (χ1n) is 40.4. The summed E-state index contributed by atoms with van der Waals surface area (Å²) in [5.74, 6) is -9.03. The number of carbonyl (C=O) groups excluding carboxylic acids is 4. The molecule has 7 heterocycles. The molecule has 10 N–H and O–H groups in total. The number of hydrogen-bond donors (Lipinski definition) is 10. The van der Waals surface area contributed by atoms with E-state index in [1.165, 1.54) is 41.3 Å². The van der Waals surface area contributed by atoms with Crippen molar-refractivity contribution in [1.29, 1.82) is 0 Å². The molecule has 0 saturated carbocycles. The van der Waals surface area contributed by atoms with Gasteiger partial charge in [-0.25, -0.2) is 0 Å². The number of rotatable bonds is 11. The Morgan fingerprint density at radius 2 is 1.42 bits per heavy atom. The minimum absolute atomic E-state index is 0.0364. The Kier molecular flexibility index (Phi) is 30.3. The molecule has 2 aromatic carbocycles. The van der Waals surface area contributed by atoms with E-state index in [4.69, 9.17) is 57.4 Å². The number of aromatic hydroxyl groups is 2. The minimum atomic E-state index is -1.96. The number of ketones is 1. The third-order valence-corrected chi connectivity index (χ3v) is 25.1. The zero-order valence-corrected chi connectivity index (χ0v) is 71.3. The summed E-state index contributed by atoms with van der Waals surface area (Å²) in [6.45, 7) is 37.6. The molecule has 638 valence electrons. The molecule has 2 aromatic rings. The standard InChI is InChI=1S/C46H62N4O11.C38H72N2O12/c1-22(2)21-50-18-16-46(17-19-50)48-34-31-32-39(54)28(8)42-33(31)43(56)45(10,61-42)59-20-15-30(58-11)25(5)41(60-29(9)51)27(7)38(53)26(6)37(52)23(3)13-12-14-24(4)44(57)47-36(40(32)55)35(34)49-46;1-15-27-38(10,46)31(42)24(6)40(13)19-20(2)17-36(8,45)33(52-35-29(41)26(39(11)12)16-21(3)48-35)22(4)30(23(5)34(44)50-27)51-28-18-37(9,47-14)32(43)25(7)49-28/h12-15,20,22-23,25-27,30,37-38,41,52-55H,16-19,21H2,1-11H3,(H,47,57);20-33,35,41-43,45-46H,15-19H2,1-14H3/b13-12+,20-15+,24-14-;/t23-,25+,26+,27+,30-,37-,38+,41+,45-;20-,21?,22+,23-,24-,25?,26?,27-,28?,29?,30+,31-,32?,33-,35?,36-,37?,38-/m01/s1. The lowest BCUT2D eigenvalue weighted by atomic mass is 9.77. The van der Waals surface area contributed by atoms with Crippen molar-refractivity contribution in [3.63, 3.8) is 0 Å². The number of allylic oxidation sites excluding steroid dienone is 2. The summed E-state index contributed by atoms with van der Waals surface area (Å²) in [7, 11) is 8.59. The average Bonchev–Trinajstić information content (AvgIpc) is 1.55. The lowest BCUT2D eigenvalue weighted by molar-refractivity contribution is -0.318. The van der Waals surface area contributed by atoms with Gasteiger partial charge in [-0.05, 0) is 121 Å². The number of nitrogens with one attached hydrogen (secondary N) is 1. The number of anilines is 1. The maximum absolute atomic E-state index is 14.7. The van der Waals surface area contributed by atoms with E-state index in [-0.39, 0.29) is 92.7 Å². The summed E-state index contributed by atoms with van der Waals surface area (Å²) < 4.78 is 61.5. The Morgan fingerprint density at radius 3 is 2.02 bits per heavy atom. The number of nitrogens with zero attached hydrogens (tertiary/aromatic N) is 5. The van der Waals surface area contributed by atoms with Crippen LogP contribution in [0.1, 0.15) is 186 Å². The fourth-order valence-electron chi connectivity index (χ4n) is 17.9. The van der Waals surface area contributed by atoms with Gasteiger partial charge >= 0.3 is 17.7 Å². The number of amides is 1. The summed E-state index contributed by atoms with van der Waals surface area (Å²) in [4.78, 5) is 71.7. The van der Waals surface area contributed by atoms with Crippen LogP contribution in [0.15, 0.2) is 46.1 Å². The van der Waals surface area contributed by atoms with E-state index in [9.17, 15) is 65.1 Å². The number of methoxy groups -OCH3 is 2. The van der Waals surface area contributed by atoms with E-state index in [1.807, 2.05) is 51.7 Å². The van der Waals surface area contributed by atoms with Crippen molar-refractivity contribution in [2.75, 3.05) is 66.9 Å². The van der Waals surface area contributed by atoms with Crippen LogP contribution >= 0.6 is 0 Å². The van der Waals surface area contributed by atoms with E-state index >= 15 is 0 Å². The summed E-state index contributed by atoms with van der Waals surface area (Å²) >= 11 is 0. The van der Waals surface area contributed by atoms with Crippen LogP contribution in [0.4, 0.5) is 5.69 Å². The Labute approximate surface area is 667 Å². The lowest BCUT2D eigenvalue weighted by Gasteiger charge is -2.48. The zero-order valence-electron chi connectivity index (χ0n) is 71.3. The molecule has 4 saturated heterocycles. The van der Waals surface area contributed by atoms with Gasteiger partial charge in [0.2, 0.25) is 0 Å². The summed E-state index contributed by atoms with van der Waals surface area (Å²) in [5.41, 5.74) is -4.95. The van der Waals surface area contributed by atoms with Gasteiger partial charge in [-0.15, -0.1) is 0 Å². The first-order chi connectivity index (χ1) is 52.6. The molecule has 4 fully saturated rings. The fourth-order valence-corrected chi connectivity index (χ4v) is 17.9. The maximum Gasteiger partial charge on any atom is 0.312 e. The average molecular weight is 1600 g/mol. The first-order valence-corrected chi connectivity index (χ1v) is 40.4. The number of Topliss-reactive ketones (excluding diaryl/α,β-unsaturated/α-hetero) is 1. The Hall–Kier alpha value is -5.84. The number of piperidine rings is 1. The van der Waals surface area contributed by atoms with Gasteiger partial charge in [0.1, 0.15) is 58.7 Å². The van der Waals surface area contributed by atoms with Crippen LogP contribution in [0.5, 0.6) is 17.2 Å².